The Bertz CT molecular complexity index is 1030. The molecule has 2 aliphatic carbocycles. The largest absolute Gasteiger partial charge is 0.435 e. The number of halogens is 3. The van der Waals surface area contributed by atoms with Gasteiger partial charge in [-0.3, -0.25) is 4.79 Å². The van der Waals surface area contributed by atoms with Gasteiger partial charge in [0, 0.05) is 29.0 Å². The molecule has 174 valence electrons. The van der Waals surface area contributed by atoms with Crippen LogP contribution in [0.5, 0.6) is 0 Å². The van der Waals surface area contributed by atoms with Gasteiger partial charge in [0.05, 0.1) is 11.3 Å². The summed E-state index contributed by atoms with van der Waals surface area (Å²) in [5, 5.41) is 7.33. The van der Waals surface area contributed by atoms with Crippen LogP contribution in [0.25, 0.3) is 5.69 Å². The first-order valence-corrected chi connectivity index (χ1v) is 11.1. The van der Waals surface area contributed by atoms with Gasteiger partial charge in [-0.25, -0.2) is 4.68 Å². The number of carbonyl (C=O) groups excluding carboxylic acids is 1. The van der Waals surface area contributed by atoms with Crippen molar-refractivity contribution in [1.82, 2.24) is 9.78 Å². The Kier molecular flexibility index (Phi) is 5.73. The fourth-order valence-corrected chi connectivity index (χ4v) is 4.91. The number of alkyl halides is 3. The highest BCUT2D eigenvalue weighted by molar-refractivity contribution is 5.99. The summed E-state index contributed by atoms with van der Waals surface area (Å²) in [5.41, 5.74) is 12.9. The van der Waals surface area contributed by atoms with E-state index in [-0.39, 0.29) is 28.6 Å². The van der Waals surface area contributed by atoms with Gasteiger partial charge in [0.1, 0.15) is 0 Å². The first-order chi connectivity index (χ1) is 15.0. The molecule has 1 heterocycles. The van der Waals surface area contributed by atoms with Crippen LogP contribution in [0.2, 0.25) is 0 Å². The predicted octanol–water partition coefficient (Wildman–Crippen LogP) is 4.19. The van der Waals surface area contributed by atoms with Gasteiger partial charge in [-0.2, -0.15) is 18.3 Å². The number of carbonyl (C=O) groups is 1. The van der Waals surface area contributed by atoms with E-state index >= 15 is 0 Å². The number of hydrogen-bond donors (Lipinski definition) is 3. The molecule has 1 aromatic carbocycles. The van der Waals surface area contributed by atoms with E-state index in [9.17, 15) is 18.0 Å². The van der Waals surface area contributed by atoms with E-state index in [0.29, 0.717) is 36.3 Å². The third-order valence-corrected chi connectivity index (χ3v) is 6.73. The first kappa shape index (κ1) is 22.6. The summed E-state index contributed by atoms with van der Waals surface area (Å²) >= 11 is 0. The highest BCUT2D eigenvalue weighted by atomic mass is 19.4. The van der Waals surface area contributed by atoms with E-state index in [4.69, 9.17) is 11.5 Å². The summed E-state index contributed by atoms with van der Waals surface area (Å²) in [6.07, 6.45) is 0.762. The number of fused-ring (bicyclic) bond motifs is 1. The van der Waals surface area contributed by atoms with Crippen LogP contribution in [-0.4, -0.2) is 27.8 Å². The predicted molar refractivity (Wildman–Crippen MR) is 117 cm³/mol. The Balaban J connectivity index is 1.80. The first-order valence-electron chi connectivity index (χ1n) is 11.1. The molecular formula is C23H30F3N5O. The summed E-state index contributed by atoms with van der Waals surface area (Å²) in [6.45, 7) is 4.10. The Morgan fingerprint density at radius 1 is 1.25 bits per heavy atom. The molecule has 0 saturated heterocycles. The second-order valence-electron chi connectivity index (χ2n) is 9.82. The zero-order valence-electron chi connectivity index (χ0n) is 18.4. The molecule has 2 atom stereocenters. The van der Waals surface area contributed by atoms with E-state index in [1.54, 1.807) is 18.2 Å². The van der Waals surface area contributed by atoms with Gasteiger partial charge >= 0.3 is 6.18 Å². The monoisotopic (exact) mass is 449 g/mol. The fraction of sp³-hybridized carbons (Fsp3) is 0.565. The lowest BCUT2D eigenvalue weighted by Crippen LogP contribution is -2.43. The van der Waals surface area contributed by atoms with Crippen molar-refractivity contribution in [3.05, 3.63) is 40.7 Å². The Labute approximate surface area is 185 Å². The molecule has 1 amide bonds. The Morgan fingerprint density at radius 2 is 1.97 bits per heavy atom. The van der Waals surface area contributed by atoms with Gasteiger partial charge in [0.25, 0.3) is 5.91 Å². The molecule has 4 rings (SSSR count). The maximum absolute atomic E-state index is 13.7. The van der Waals surface area contributed by atoms with E-state index in [1.807, 2.05) is 13.8 Å². The SMILES string of the molecule is CC1(C)CCc2c(C(F)(F)F)nn(-c3ccc(C(N)=O)c(N[C@@H]4CCCC[C@H]4N)c3)c2C1. The minimum absolute atomic E-state index is 0.0340. The lowest BCUT2D eigenvalue weighted by molar-refractivity contribution is -0.142. The number of nitrogens with two attached hydrogens (primary N) is 2. The van der Waals surface area contributed by atoms with Crippen molar-refractivity contribution >= 4 is 11.6 Å². The van der Waals surface area contributed by atoms with Gasteiger partial charge in [0.15, 0.2) is 5.69 Å². The van der Waals surface area contributed by atoms with Crippen molar-refractivity contribution in [1.29, 1.82) is 0 Å². The molecule has 2 aliphatic rings. The minimum Gasteiger partial charge on any atom is -0.380 e. The normalized spacial score (nSPS) is 22.9. The summed E-state index contributed by atoms with van der Waals surface area (Å²) in [4.78, 5) is 12.0. The van der Waals surface area contributed by atoms with Crippen LogP contribution in [0.4, 0.5) is 18.9 Å². The lowest BCUT2D eigenvalue weighted by Gasteiger charge is -2.31. The molecule has 0 aliphatic heterocycles. The fourth-order valence-electron chi connectivity index (χ4n) is 4.91. The number of hydrogen-bond acceptors (Lipinski definition) is 4. The average molecular weight is 450 g/mol. The second kappa shape index (κ2) is 8.10. The molecule has 5 N–H and O–H groups in total. The van der Waals surface area contributed by atoms with Crippen molar-refractivity contribution in [3.8, 4) is 5.69 Å². The van der Waals surface area contributed by atoms with Crippen LogP contribution in [0.1, 0.15) is 73.3 Å². The molecule has 0 spiro atoms. The van der Waals surface area contributed by atoms with Gasteiger partial charge in [-0.05, 0) is 55.7 Å². The van der Waals surface area contributed by atoms with E-state index in [0.717, 1.165) is 25.7 Å². The summed E-state index contributed by atoms with van der Waals surface area (Å²) < 4.78 is 42.6. The van der Waals surface area contributed by atoms with Crippen molar-refractivity contribution in [2.75, 3.05) is 5.32 Å². The number of rotatable bonds is 4. The summed E-state index contributed by atoms with van der Waals surface area (Å²) in [7, 11) is 0. The van der Waals surface area contributed by atoms with Crippen LogP contribution in [-0.2, 0) is 19.0 Å². The van der Waals surface area contributed by atoms with Crippen molar-refractivity contribution in [2.24, 2.45) is 16.9 Å². The Hall–Kier alpha value is -2.55. The zero-order chi connectivity index (χ0) is 23.3. The number of anilines is 1. The molecule has 1 saturated carbocycles. The van der Waals surface area contributed by atoms with Crippen LogP contribution >= 0.6 is 0 Å². The molecular weight excluding hydrogens is 419 g/mol. The molecule has 0 radical (unpaired) electrons. The van der Waals surface area contributed by atoms with Crippen LogP contribution < -0.4 is 16.8 Å². The highest BCUT2D eigenvalue weighted by Gasteiger charge is 2.42. The van der Waals surface area contributed by atoms with E-state index in [2.05, 4.69) is 10.4 Å². The highest BCUT2D eigenvalue weighted by Crippen LogP contribution is 2.42. The standard InChI is InChI=1S/C23H30F3N5O/c1-22(2)10-9-15-19(12-22)31(30-20(15)23(24,25)26)13-7-8-14(21(28)32)18(11-13)29-17-6-4-3-5-16(17)27/h7-8,11,16-17,29H,3-6,9-10,12,27H2,1-2H3,(H2,28,32)/t16-,17-/m1/s1. The maximum Gasteiger partial charge on any atom is 0.435 e. The smallest absolute Gasteiger partial charge is 0.380 e. The van der Waals surface area contributed by atoms with Gasteiger partial charge in [-0.1, -0.05) is 26.7 Å². The lowest BCUT2D eigenvalue weighted by atomic mass is 9.76. The average Bonchev–Trinajstić information content (AvgIpc) is 3.07. The van der Waals surface area contributed by atoms with E-state index < -0.39 is 17.8 Å². The molecule has 1 aromatic heterocycles. The van der Waals surface area contributed by atoms with Crippen LogP contribution in [0.15, 0.2) is 18.2 Å². The number of aromatic nitrogens is 2. The number of nitrogens with zero attached hydrogens (tertiary/aromatic N) is 2. The summed E-state index contributed by atoms with van der Waals surface area (Å²) in [6, 6.07) is 4.71. The van der Waals surface area contributed by atoms with Crippen LogP contribution in [0, 0.1) is 5.41 Å². The molecule has 9 heteroatoms. The minimum atomic E-state index is -4.53. The van der Waals surface area contributed by atoms with Crippen LogP contribution in [0.3, 0.4) is 0 Å². The third-order valence-electron chi connectivity index (χ3n) is 6.73. The number of amides is 1. The van der Waals surface area contributed by atoms with Crippen molar-refractivity contribution < 1.29 is 18.0 Å². The molecule has 1 fully saturated rings. The molecule has 0 unspecified atom stereocenters. The van der Waals surface area contributed by atoms with Gasteiger partial charge < -0.3 is 16.8 Å². The summed E-state index contributed by atoms with van der Waals surface area (Å²) in [5.74, 6) is -0.608. The maximum atomic E-state index is 13.7. The molecule has 0 bridgehead atoms. The number of benzene rings is 1. The molecule has 6 nitrogen and oxygen atoms in total. The zero-order valence-corrected chi connectivity index (χ0v) is 18.4. The third kappa shape index (κ3) is 4.35. The number of primary amides is 1. The van der Waals surface area contributed by atoms with Gasteiger partial charge in [-0.15, -0.1) is 0 Å². The van der Waals surface area contributed by atoms with Crippen molar-refractivity contribution in [3.63, 3.8) is 0 Å². The van der Waals surface area contributed by atoms with E-state index in [1.165, 1.54) is 4.68 Å². The van der Waals surface area contributed by atoms with Gasteiger partial charge in [0.2, 0.25) is 0 Å². The second-order valence-corrected chi connectivity index (χ2v) is 9.82. The topological polar surface area (TPSA) is 99.0 Å². The Morgan fingerprint density at radius 3 is 2.62 bits per heavy atom. The van der Waals surface area contributed by atoms with Crippen molar-refractivity contribution in [2.45, 2.75) is 77.1 Å². The quantitative estimate of drug-likeness (QED) is 0.652. The number of nitrogens with one attached hydrogen (secondary N) is 1. The molecule has 2 aromatic rings. The molecule has 32 heavy (non-hydrogen) atoms.